The molecule has 0 aromatic carbocycles. The van der Waals surface area contributed by atoms with Crippen LogP contribution in [0, 0.1) is 0 Å². The summed E-state index contributed by atoms with van der Waals surface area (Å²) in [7, 11) is 3.62. The molecule has 0 amide bonds. The van der Waals surface area contributed by atoms with E-state index in [0.29, 0.717) is 0 Å². The quantitative estimate of drug-likeness (QED) is 0.618. The van der Waals surface area contributed by atoms with Crippen LogP contribution in [0.5, 0.6) is 0 Å². The van der Waals surface area contributed by atoms with Crippen molar-refractivity contribution in [3.8, 4) is 0 Å². The minimum Gasteiger partial charge on any atom is -0.350 e. The Morgan fingerprint density at radius 2 is 2.27 bits per heavy atom. The molecule has 3 heterocycles. The van der Waals surface area contributed by atoms with E-state index in [9.17, 15) is 4.79 Å². The molecular weight excluding hydrogens is 194 g/mol. The highest BCUT2D eigenvalue weighted by Crippen LogP contribution is 2.42. The average Bonchev–Trinajstić information content (AvgIpc) is 2.65. The molecule has 2 bridgehead atoms. The molecule has 2 aliphatic heterocycles. The number of hydrogen-bond donors (Lipinski definition) is 0. The Bertz CT molecular complexity index is 468. The third kappa shape index (κ3) is 1.07. The van der Waals surface area contributed by atoms with Gasteiger partial charge in [-0.25, -0.2) is 4.68 Å². The van der Waals surface area contributed by atoms with Gasteiger partial charge in [-0.05, 0) is 12.8 Å². The van der Waals surface area contributed by atoms with Gasteiger partial charge in [-0.15, -0.1) is 0 Å². The minimum absolute atomic E-state index is 0.0251. The van der Waals surface area contributed by atoms with Crippen molar-refractivity contribution >= 4 is 5.69 Å². The first kappa shape index (κ1) is 8.91. The van der Waals surface area contributed by atoms with Gasteiger partial charge in [0.2, 0.25) is 0 Å². The van der Waals surface area contributed by atoms with Crippen molar-refractivity contribution < 1.29 is 4.74 Å². The van der Waals surface area contributed by atoms with Crippen LogP contribution >= 0.6 is 0 Å². The average molecular weight is 207 g/mol. The Morgan fingerprint density at radius 1 is 1.47 bits per heavy atom. The molecule has 0 spiro atoms. The lowest BCUT2D eigenvalue weighted by Gasteiger charge is -2.32. The molecule has 1 aromatic rings. The number of rotatable bonds is 0. The normalized spacial score (nSPS) is 28.0. The van der Waals surface area contributed by atoms with Crippen molar-refractivity contribution in [1.29, 1.82) is 0 Å². The van der Waals surface area contributed by atoms with Gasteiger partial charge in [0.15, 0.2) is 0 Å². The van der Waals surface area contributed by atoms with Crippen LogP contribution < -0.4 is 10.5 Å². The fraction of sp³-hybridized carbons (Fsp3) is 0.600. The van der Waals surface area contributed by atoms with Gasteiger partial charge in [0.05, 0.1) is 23.6 Å². The molecule has 0 aliphatic carbocycles. The van der Waals surface area contributed by atoms with Crippen LogP contribution in [0.15, 0.2) is 11.0 Å². The molecule has 80 valence electrons. The highest BCUT2D eigenvalue weighted by atomic mass is 16.5. The lowest BCUT2D eigenvalue weighted by atomic mass is 10.1. The van der Waals surface area contributed by atoms with Gasteiger partial charge >= 0.3 is 0 Å². The number of hydrogen-bond acceptors (Lipinski definition) is 4. The van der Waals surface area contributed by atoms with Gasteiger partial charge in [0.1, 0.15) is 6.23 Å². The Morgan fingerprint density at radius 3 is 3.07 bits per heavy atom. The zero-order valence-corrected chi connectivity index (χ0v) is 8.80. The van der Waals surface area contributed by atoms with E-state index in [2.05, 4.69) is 5.10 Å². The Kier molecular flexibility index (Phi) is 1.68. The third-order valence-corrected chi connectivity index (χ3v) is 3.28. The number of anilines is 1. The van der Waals surface area contributed by atoms with Crippen LogP contribution in [0.1, 0.15) is 24.5 Å². The van der Waals surface area contributed by atoms with E-state index >= 15 is 0 Å². The second-order valence-corrected chi connectivity index (χ2v) is 4.14. The maximum atomic E-state index is 11.9. The summed E-state index contributed by atoms with van der Waals surface area (Å²) in [6.45, 7) is 0. The van der Waals surface area contributed by atoms with Crippen molar-refractivity contribution in [3.63, 3.8) is 0 Å². The molecule has 0 saturated carbocycles. The summed E-state index contributed by atoms with van der Waals surface area (Å²) in [5.41, 5.74) is 1.66. The lowest BCUT2D eigenvalue weighted by Crippen LogP contribution is -2.39. The van der Waals surface area contributed by atoms with Crippen molar-refractivity contribution in [2.75, 3.05) is 11.9 Å². The lowest BCUT2D eigenvalue weighted by molar-refractivity contribution is 0.0339. The van der Waals surface area contributed by atoms with E-state index in [4.69, 9.17) is 4.74 Å². The zero-order valence-electron chi connectivity index (χ0n) is 8.80. The second kappa shape index (κ2) is 2.82. The monoisotopic (exact) mass is 207 g/mol. The van der Waals surface area contributed by atoms with Crippen LogP contribution in [0.4, 0.5) is 5.69 Å². The fourth-order valence-corrected chi connectivity index (χ4v) is 2.40. The predicted octanol–water partition coefficient (Wildman–Crippen LogP) is 0.408. The van der Waals surface area contributed by atoms with Gasteiger partial charge in [-0.1, -0.05) is 0 Å². The molecule has 0 N–H and O–H groups in total. The first-order valence-corrected chi connectivity index (χ1v) is 5.13. The predicted molar refractivity (Wildman–Crippen MR) is 54.7 cm³/mol. The molecule has 2 atom stereocenters. The third-order valence-electron chi connectivity index (χ3n) is 3.28. The highest BCUT2D eigenvalue weighted by Gasteiger charge is 2.39. The summed E-state index contributed by atoms with van der Waals surface area (Å²) in [6, 6.07) is 0. The first-order chi connectivity index (χ1) is 7.18. The number of nitrogens with zero attached hydrogens (tertiary/aromatic N) is 3. The van der Waals surface area contributed by atoms with Crippen molar-refractivity contribution in [2.24, 2.45) is 7.05 Å². The van der Waals surface area contributed by atoms with E-state index in [1.165, 1.54) is 4.68 Å². The van der Waals surface area contributed by atoms with E-state index in [1.54, 1.807) is 13.2 Å². The number of aromatic nitrogens is 2. The van der Waals surface area contributed by atoms with Gasteiger partial charge in [0, 0.05) is 14.1 Å². The van der Waals surface area contributed by atoms with Crippen LogP contribution in [-0.2, 0) is 11.8 Å². The van der Waals surface area contributed by atoms with E-state index in [0.717, 1.165) is 24.1 Å². The Hall–Kier alpha value is -1.36. The smallest absolute Gasteiger partial charge is 0.274 e. The van der Waals surface area contributed by atoms with Crippen LogP contribution in [-0.4, -0.2) is 23.1 Å². The maximum absolute atomic E-state index is 11.9. The topological polar surface area (TPSA) is 47.4 Å². The minimum atomic E-state index is -0.0373. The zero-order chi connectivity index (χ0) is 10.6. The number of aryl methyl sites for hydroxylation is 1. The van der Waals surface area contributed by atoms with Gasteiger partial charge in [-0.3, -0.25) is 4.79 Å². The van der Waals surface area contributed by atoms with Gasteiger partial charge in [-0.2, -0.15) is 5.10 Å². The molecule has 1 fully saturated rings. The van der Waals surface area contributed by atoms with Crippen LogP contribution in [0.2, 0.25) is 0 Å². The Labute approximate surface area is 87.3 Å². The largest absolute Gasteiger partial charge is 0.350 e. The first-order valence-electron chi connectivity index (χ1n) is 5.13. The fourth-order valence-electron chi connectivity index (χ4n) is 2.40. The molecule has 1 aromatic heterocycles. The summed E-state index contributed by atoms with van der Waals surface area (Å²) >= 11 is 0. The van der Waals surface area contributed by atoms with Crippen molar-refractivity contribution in [3.05, 3.63) is 22.1 Å². The molecule has 5 heteroatoms. The van der Waals surface area contributed by atoms with Crippen molar-refractivity contribution in [1.82, 2.24) is 9.78 Å². The molecule has 15 heavy (non-hydrogen) atoms. The maximum Gasteiger partial charge on any atom is 0.274 e. The SMILES string of the molecule is CN1c2cnn(C)c(=O)c2C2CCC1O2. The van der Waals surface area contributed by atoms with Crippen LogP contribution in [0.25, 0.3) is 0 Å². The summed E-state index contributed by atoms with van der Waals surface area (Å²) in [5, 5.41) is 4.05. The summed E-state index contributed by atoms with van der Waals surface area (Å²) in [5.74, 6) is 0. The van der Waals surface area contributed by atoms with Crippen molar-refractivity contribution in [2.45, 2.75) is 25.2 Å². The Balaban J connectivity index is 2.27. The van der Waals surface area contributed by atoms with Gasteiger partial charge < -0.3 is 9.64 Å². The second-order valence-electron chi connectivity index (χ2n) is 4.14. The molecule has 1 saturated heterocycles. The molecule has 5 nitrogen and oxygen atoms in total. The van der Waals surface area contributed by atoms with E-state index in [-0.39, 0.29) is 17.9 Å². The summed E-state index contributed by atoms with van der Waals surface area (Å²) in [4.78, 5) is 13.9. The summed E-state index contributed by atoms with van der Waals surface area (Å²) < 4.78 is 7.13. The molecule has 2 aliphatic rings. The van der Waals surface area contributed by atoms with Crippen LogP contribution in [0.3, 0.4) is 0 Å². The highest BCUT2D eigenvalue weighted by molar-refractivity contribution is 5.54. The molecular formula is C10H13N3O2. The molecule has 3 rings (SSSR count). The van der Waals surface area contributed by atoms with Gasteiger partial charge in [0.25, 0.3) is 5.56 Å². The molecule has 2 unspecified atom stereocenters. The number of fused-ring (bicyclic) bond motifs is 4. The number of ether oxygens (including phenoxy) is 1. The van der Waals surface area contributed by atoms with E-state index < -0.39 is 0 Å². The molecule has 0 radical (unpaired) electrons. The standard InChI is InChI=1S/C10H13N3O2/c1-12-6-5-11-13(2)10(14)9(6)7-3-4-8(12)15-7/h5,7-8H,3-4H2,1-2H3. The van der Waals surface area contributed by atoms with E-state index in [1.807, 2.05) is 11.9 Å². The summed E-state index contributed by atoms with van der Waals surface area (Å²) in [6.07, 6.45) is 3.77.